The summed E-state index contributed by atoms with van der Waals surface area (Å²) in [4.78, 5) is 4.51. The molecule has 340 valence electrons. The highest BCUT2D eigenvalue weighted by molar-refractivity contribution is 6.27. The van der Waals surface area contributed by atoms with Crippen molar-refractivity contribution in [1.29, 1.82) is 10.5 Å². The van der Waals surface area contributed by atoms with E-state index in [1.165, 1.54) is 43.8 Å². The Morgan fingerprint density at radius 1 is 0.394 bits per heavy atom. The van der Waals surface area contributed by atoms with Crippen molar-refractivity contribution >= 4 is 93.8 Å². The summed E-state index contributed by atoms with van der Waals surface area (Å²) in [5, 5.41) is 28.7. The zero-order valence-corrected chi connectivity index (χ0v) is 40.5. The second-order valence-electron chi connectivity index (χ2n) is 19.2. The van der Waals surface area contributed by atoms with Crippen LogP contribution in [0.3, 0.4) is 0 Å². The minimum atomic E-state index is 0.0606. The Morgan fingerprint density at radius 2 is 0.803 bits per heavy atom. The number of nitrogens with zero attached hydrogens (tertiary/aromatic N) is 5. The lowest BCUT2D eigenvalue weighted by molar-refractivity contribution is 0.590. The largest absolute Gasteiger partial charge is 0.310 e. The van der Waals surface area contributed by atoms with Crippen LogP contribution in [0.1, 0.15) is 51.3 Å². The van der Waals surface area contributed by atoms with E-state index >= 15 is 0 Å². The second-order valence-corrected chi connectivity index (χ2v) is 19.2. The number of nitriles is 2. The monoisotopic (exact) mass is 913 g/mol. The molecule has 0 fully saturated rings. The van der Waals surface area contributed by atoms with Crippen molar-refractivity contribution in [2.24, 2.45) is 0 Å². The Hall–Kier alpha value is -9.16. The van der Waals surface area contributed by atoms with Gasteiger partial charge in [-0.15, -0.1) is 0 Å². The number of allylic oxidation sites excluding steroid dienone is 2. The molecule has 0 saturated carbocycles. The van der Waals surface area contributed by atoms with E-state index in [2.05, 4.69) is 193 Å². The number of rotatable bonds is 7. The topological polar surface area (TPSA) is 58.5 Å². The lowest BCUT2D eigenvalue weighted by atomic mass is 9.86. The van der Waals surface area contributed by atoms with Crippen LogP contribution < -0.4 is 9.80 Å². The molecule has 2 heterocycles. The maximum atomic E-state index is 9.59. The van der Waals surface area contributed by atoms with Gasteiger partial charge in [0.2, 0.25) is 0 Å². The number of benzene rings is 10. The Kier molecular flexibility index (Phi) is 11.3. The lowest BCUT2D eigenvalue weighted by Crippen LogP contribution is -2.10. The standard InChI is InChI=1S/C62H43N5.C4H8/c1-62(2,3)48-22-18-42(19-23-48)47-34-57-55-32-43-20-28-53(65(49-10-6-4-7-11-49)51-24-14-40(38-63)15-25-51)30-45(43)36-59(55)67-60-37-46-31-54(29-21-44(46)33-56(60)58(35-47)61(57)67)66(50-12-8-5-9-13-50)52-26-16-41(39-64)17-27-52;1-3-4-2/h4-37H,1-3H3;3-4H,1-2H3/b;4-3-. The molecule has 0 saturated heterocycles. The molecule has 0 aliphatic heterocycles. The fourth-order valence-corrected chi connectivity index (χ4v) is 10.0. The predicted octanol–water partition coefficient (Wildman–Crippen LogP) is 18.4. The van der Waals surface area contributed by atoms with Gasteiger partial charge < -0.3 is 14.2 Å². The highest BCUT2D eigenvalue weighted by atomic mass is 15.1. The highest BCUT2D eigenvalue weighted by Gasteiger charge is 2.23. The Bertz CT molecular complexity index is 3800. The van der Waals surface area contributed by atoms with Crippen molar-refractivity contribution in [3.05, 3.63) is 235 Å². The molecule has 12 aromatic rings. The van der Waals surface area contributed by atoms with Crippen LogP contribution in [0.25, 0.3) is 70.8 Å². The van der Waals surface area contributed by atoms with Gasteiger partial charge in [0.25, 0.3) is 0 Å². The minimum absolute atomic E-state index is 0.0606. The van der Waals surface area contributed by atoms with Gasteiger partial charge >= 0.3 is 0 Å². The molecule has 10 aromatic carbocycles. The van der Waals surface area contributed by atoms with Gasteiger partial charge in [-0.3, -0.25) is 0 Å². The summed E-state index contributed by atoms with van der Waals surface area (Å²) in [5.41, 5.74) is 14.7. The summed E-state index contributed by atoms with van der Waals surface area (Å²) in [6, 6.07) is 77.8. The Balaban J connectivity index is 0.00000132. The van der Waals surface area contributed by atoms with E-state index in [0.717, 1.165) is 66.7 Å². The van der Waals surface area contributed by atoms with Crippen molar-refractivity contribution in [3.63, 3.8) is 0 Å². The number of hydrogen-bond acceptors (Lipinski definition) is 4. The zero-order chi connectivity index (χ0) is 48.8. The van der Waals surface area contributed by atoms with Crippen molar-refractivity contribution in [2.45, 2.75) is 40.0 Å². The van der Waals surface area contributed by atoms with E-state index in [1.807, 2.05) is 86.7 Å². The normalized spacial score (nSPS) is 11.6. The first-order chi connectivity index (χ1) is 34.6. The fraction of sp³-hybridized carbons (Fsp3) is 0.0909. The summed E-state index contributed by atoms with van der Waals surface area (Å²) < 4.78 is 2.49. The summed E-state index contributed by atoms with van der Waals surface area (Å²) in [5.74, 6) is 0. The lowest BCUT2D eigenvalue weighted by Gasteiger charge is -2.26. The van der Waals surface area contributed by atoms with Gasteiger partial charge in [0.1, 0.15) is 0 Å². The molecule has 0 radical (unpaired) electrons. The van der Waals surface area contributed by atoms with Gasteiger partial charge in [-0.05, 0) is 191 Å². The predicted molar refractivity (Wildman–Crippen MR) is 300 cm³/mol. The molecule has 0 atom stereocenters. The van der Waals surface area contributed by atoms with Gasteiger partial charge in [0.15, 0.2) is 0 Å². The Morgan fingerprint density at radius 3 is 1.20 bits per heavy atom. The minimum Gasteiger partial charge on any atom is -0.310 e. The summed E-state index contributed by atoms with van der Waals surface area (Å²) in [6.07, 6.45) is 4.00. The van der Waals surface area contributed by atoms with Crippen LogP contribution in [0.4, 0.5) is 34.1 Å². The molecule has 0 bridgehead atoms. The van der Waals surface area contributed by atoms with Crippen molar-refractivity contribution in [3.8, 4) is 23.3 Å². The van der Waals surface area contributed by atoms with Gasteiger partial charge in [-0.25, -0.2) is 0 Å². The first-order valence-corrected chi connectivity index (χ1v) is 24.2. The van der Waals surface area contributed by atoms with Crippen LogP contribution in [0, 0.1) is 22.7 Å². The third-order valence-corrected chi connectivity index (χ3v) is 13.7. The van der Waals surface area contributed by atoms with Gasteiger partial charge in [-0.1, -0.05) is 106 Å². The third-order valence-electron chi connectivity index (χ3n) is 13.7. The first kappa shape index (κ1) is 44.4. The average molecular weight is 914 g/mol. The molecular weight excluding hydrogens is 863 g/mol. The number of fused-ring (bicyclic) bond motifs is 8. The van der Waals surface area contributed by atoms with E-state index in [0.29, 0.717) is 11.1 Å². The van der Waals surface area contributed by atoms with E-state index in [9.17, 15) is 10.5 Å². The summed E-state index contributed by atoms with van der Waals surface area (Å²) >= 11 is 0. The van der Waals surface area contributed by atoms with Crippen LogP contribution in [-0.2, 0) is 5.41 Å². The van der Waals surface area contributed by atoms with Gasteiger partial charge in [0.05, 0.1) is 39.8 Å². The molecule has 0 aliphatic carbocycles. The fourth-order valence-electron chi connectivity index (χ4n) is 10.0. The molecular formula is C66H51N5. The quantitative estimate of drug-likeness (QED) is 0.150. The molecule has 0 spiro atoms. The van der Waals surface area contributed by atoms with Crippen LogP contribution in [0.2, 0.25) is 0 Å². The first-order valence-electron chi connectivity index (χ1n) is 24.2. The van der Waals surface area contributed by atoms with E-state index in [1.54, 1.807) is 0 Å². The number of anilines is 6. The molecule has 71 heavy (non-hydrogen) atoms. The number of para-hydroxylation sites is 2. The zero-order valence-electron chi connectivity index (χ0n) is 40.5. The van der Waals surface area contributed by atoms with Crippen LogP contribution in [-0.4, -0.2) is 4.40 Å². The average Bonchev–Trinajstić information content (AvgIpc) is 3.91. The molecule has 12 rings (SSSR count). The smallest absolute Gasteiger partial charge is 0.0991 e. The van der Waals surface area contributed by atoms with E-state index < -0.39 is 0 Å². The van der Waals surface area contributed by atoms with Crippen molar-refractivity contribution in [2.75, 3.05) is 9.80 Å². The van der Waals surface area contributed by atoms with E-state index in [-0.39, 0.29) is 5.41 Å². The molecule has 0 N–H and O–H groups in total. The maximum absolute atomic E-state index is 9.59. The van der Waals surface area contributed by atoms with Gasteiger partial charge in [-0.2, -0.15) is 10.5 Å². The van der Waals surface area contributed by atoms with Crippen LogP contribution >= 0.6 is 0 Å². The summed E-state index contributed by atoms with van der Waals surface area (Å²) in [6.45, 7) is 10.8. The van der Waals surface area contributed by atoms with E-state index in [4.69, 9.17) is 0 Å². The van der Waals surface area contributed by atoms with Crippen LogP contribution in [0.15, 0.2) is 218 Å². The second kappa shape index (κ2) is 18.1. The molecule has 5 heteroatoms. The Labute approximate surface area is 414 Å². The molecule has 0 unspecified atom stereocenters. The van der Waals surface area contributed by atoms with Crippen molar-refractivity contribution in [1.82, 2.24) is 4.40 Å². The molecule has 5 nitrogen and oxygen atoms in total. The van der Waals surface area contributed by atoms with Gasteiger partial charge in [0, 0.05) is 55.7 Å². The highest BCUT2D eigenvalue weighted by Crippen LogP contribution is 2.46. The number of hydrogen-bond donors (Lipinski definition) is 0. The van der Waals surface area contributed by atoms with Crippen molar-refractivity contribution < 1.29 is 0 Å². The summed E-state index contributed by atoms with van der Waals surface area (Å²) in [7, 11) is 0. The van der Waals surface area contributed by atoms with Crippen LogP contribution in [0.5, 0.6) is 0 Å². The molecule has 0 amide bonds. The number of aromatic nitrogens is 1. The molecule has 2 aromatic heterocycles. The third kappa shape index (κ3) is 8.04. The SMILES string of the molecule is C/C=C\C.CC(C)(C)c1ccc(-c2cc3c4cc5ccc(N(c6ccccc6)c6ccc(C#N)cc6)cc5cc4n4c5cc6cc(N(c7ccccc7)c7ccc(C#N)cc7)ccc6cc5c(c2)c34)cc1. The molecule has 0 aliphatic rings. The maximum Gasteiger partial charge on any atom is 0.0991 e.